The Kier molecular flexibility index (Phi) is 8.11. The number of imide groups is 1. The Balaban J connectivity index is 1.75. The fraction of sp³-hybridized carbons (Fsp3) is 0.385. The third-order valence-electron chi connectivity index (χ3n) is 5.21. The van der Waals surface area contributed by atoms with E-state index in [1.165, 1.54) is 6.92 Å². The zero-order chi connectivity index (χ0) is 25.6. The SMILES string of the molecule is C[C@@H]1OC(=O)N(C(=O)C[C@H](NC(=O)OC(C)(C)C)c2ccccc2)[C@H]1C(=O)OCc1ccccc1. The fourth-order valence-electron chi connectivity index (χ4n) is 3.63. The van der Waals surface area contributed by atoms with E-state index in [1.54, 1.807) is 63.2 Å². The van der Waals surface area contributed by atoms with E-state index in [0.29, 0.717) is 5.56 Å². The van der Waals surface area contributed by atoms with E-state index in [0.717, 1.165) is 10.5 Å². The predicted octanol–water partition coefficient (Wildman–Crippen LogP) is 4.12. The van der Waals surface area contributed by atoms with Crippen LogP contribution in [0, 0.1) is 0 Å². The lowest BCUT2D eigenvalue weighted by molar-refractivity contribution is -0.154. The topological polar surface area (TPSA) is 111 Å². The summed E-state index contributed by atoms with van der Waals surface area (Å²) in [5, 5.41) is 2.68. The van der Waals surface area contributed by atoms with Gasteiger partial charge in [0.25, 0.3) is 0 Å². The smallest absolute Gasteiger partial charge is 0.417 e. The standard InChI is InChI=1S/C26H30N2O7/c1-17-22(23(30)33-16-18-11-7-5-8-12-18)28(25(32)34-17)21(29)15-20(19-13-9-6-10-14-19)27-24(31)35-26(2,3)4/h5-14,17,20,22H,15-16H2,1-4H3,(H,27,31)/t17-,20-,22+/m0/s1. The van der Waals surface area contributed by atoms with Gasteiger partial charge in [0, 0.05) is 0 Å². The first-order valence-electron chi connectivity index (χ1n) is 11.3. The van der Waals surface area contributed by atoms with Crippen molar-refractivity contribution in [2.75, 3.05) is 0 Å². The van der Waals surface area contributed by atoms with Crippen LogP contribution in [0.15, 0.2) is 60.7 Å². The summed E-state index contributed by atoms with van der Waals surface area (Å²) < 4.78 is 15.9. The van der Waals surface area contributed by atoms with Crippen LogP contribution in [-0.4, -0.2) is 46.7 Å². The highest BCUT2D eigenvalue weighted by Gasteiger charge is 2.48. The number of cyclic esters (lactones) is 1. The van der Waals surface area contributed by atoms with Gasteiger partial charge in [-0.3, -0.25) is 4.79 Å². The average molecular weight is 483 g/mol. The van der Waals surface area contributed by atoms with Gasteiger partial charge in [-0.2, -0.15) is 0 Å². The van der Waals surface area contributed by atoms with Crippen LogP contribution in [0.3, 0.4) is 0 Å². The lowest BCUT2D eigenvalue weighted by Crippen LogP contribution is -2.47. The molecule has 9 heteroatoms. The van der Waals surface area contributed by atoms with Crippen LogP contribution in [0.1, 0.15) is 51.3 Å². The summed E-state index contributed by atoms with van der Waals surface area (Å²) in [5.41, 5.74) is 0.662. The Morgan fingerprint density at radius 3 is 2.23 bits per heavy atom. The lowest BCUT2D eigenvalue weighted by atomic mass is 10.0. The molecule has 3 amide bonds. The van der Waals surface area contributed by atoms with Gasteiger partial charge in [0.2, 0.25) is 5.91 Å². The maximum absolute atomic E-state index is 13.3. The molecular formula is C26H30N2O7. The molecule has 35 heavy (non-hydrogen) atoms. The van der Waals surface area contributed by atoms with Crippen LogP contribution in [0.25, 0.3) is 0 Å². The molecule has 0 saturated carbocycles. The molecule has 0 aliphatic carbocycles. The molecule has 186 valence electrons. The number of rotatable bonds is 7. The maximum Gasteiger partial charge on any atom is 0.417 e. The van der Waals surface area contributed by atoms with Crippen molar-refractivity contribution in [3.05, 3.63) is 71.8 Å². The number of hydrogen-bond acceptors (Lipinski definition) is 7. The predicted molar refractivity (Wildman–Crippen MR) is 126 cm³/mol. The van der Waals surface area contributed by atoms with Crippen molar-refractivity contribution in [3.63, 3.8) is 0 Å². The number of hydrogen-bond donors (Lipinski definition) is 1. The minimum absolute atomic E-state index is 0.00798. The van der Waals surface area contributed by atoms with E-state index in [-0.39, 0.29) is 13.0 Å². The van der Waals surface area contributed by atoms with Crippen LogP contribution < -0.4 is 5.32 Å². The molecule has 0 spiro atoms. The number of nitrogens with zero attached hydrogens (tertiary/aromatic N) is 1. The summed E-state index contributed by atoms with van der Waals surface area (Å²) in [5.74, 6) is -1.44. The number of benzene rings is 2. The molecule has 0 aromatic heterocycles. The molecule has 2 aromatic carbocycles. The second-order valence-electron chi connectivity index (χ2n) is 9.20. The van der Waals surface area contributed by atoms with E-state index in [2.05, 4.69) is 5.32 Å². The van der Waals surface area contributed by atoms with Crippen molar-refractivity contribution in [2.45, 2.75) is 64.5 Å². The zero-order valence-corrected chi connectivity index (χ0v) is 20.2. The van der Waals surface area contributed by atoms with Crippen molar-refractivity contribution >= 4 is 24.1 Å². The number of alkyl carbamates (subject to hydrolysis) is 1. The molecule has 0 radical (unpaired) electrons. The summed E-state index contributed by atoms with van der Waals surface area (Å²) in [6.45, 7) is 6.69. The first-order chi connectivity index (χ1) is 16.5. The van der Waals surface area contributed by atoms with Crippen LogP contribution >= 0.6 is 0 Å². The Morgan fingerprint density at radius 2 is 1.63 bits per heavy atom. The van der Waals surface area contributed by atoms with Crippen LogP contribution in [0.2, 0.25) is 0 Å². The monoisotopic (exact) mass is 482 g/mol. The van der Waals surface area contributed by atoms with Gasteiger partial charge in [-0.05, 0) is 38.8 Å². The van der Waals surface area contributed by atoms with Gasteiger partial charge >= 0.3 is 18.2 Å². The molecule has 1 aliphatic heterocycles. The van der Waals surface area contributed by atoms with Crippen LogP contribution in [-0.2, 0) is 30.4 Å². The quantitative estimate of drug-likeness (QED) is 0.467. The molecule has 1 saturated heterocycles. The van der Waals surface area contributed by atoms with E-state index >= 15 is 0 Å². The molecule has 0 unspecified atom stereocenters. The highest BCUT2D eigenvalue weighted by molar-refractivity contribution is 5.99. The maximum atomic E-state index is 13.3. The van der Waals surface area contributed by atoms with E-state index in [1.807, 2.05) is 18.2 Å². The molecule has 9 nitrogen and oxygen atoms in total. The van der Waals surface area contributed by atoms with Gasteiger partial charge in [0.15, 0.2) is 6.04 Å². The Morgan fingerprint density at radius 1 is 1.03 bits per heavy atom. The Labute approximate surface area is 204 Å². The van der Waals surface area contributed by atoms with Crippen molar-refractivity contribution in [2.24, 2.45) is 0 Å². The lowest BCUT2D eigenvalue weighted by Gasteiger charge is -2.25. The molecule has 1 aliphatic rings. The first-order valence-corrected chi connectivity index (χ1v) is 11.3. The van der Waals surface area contributed by atoms with Gasteiger partial charge in [0.05, 0.1) is 12.5 Å². The van der Waals surface area contributed by atoms with E-state index in [9.17, 15) is 19.2 Å². The summed E-state index contributed by atoms with van der Waals surface area (Å²) >= 11 is 0. The normalized spacial score (nSPS) is 18.4. The van der Waals surface area contributed by atoms with Gasteiger partial charge in [-0.1, -0.05) is 60.7 Å². The number of esters is 1. The fourth-order valence-corrected chi connectivity index (χ4v) is 3.63. The minimum atomic E-state index is -1.24. The summed E-state index contributed by atoms with van der Waals surface area (Å²) in [6, 6.07) is 15.8. The number of carbonyl (C=O) groups excluding carboxylic acids is 4. The molecule has 0 bridgehead atoms. The second kappa shape index (κ2) is 11.0. The Hall–Kier alpha value is -3.88. The molecule has 1 fully saturated rings. The summed E-state index contributed by atoms with van der Waals surface area (Å²) in [7, 11) is 0. The van der Waals surface area contributed by atoms with Gasteiger partial charge < -0.3 is 19.5 Å². The molecule has 1 N–H and O–H groups in total. The van der Waals surface area contributed by atoms with Crippen LogP contribution in [0.4, 0.5) is 9.59 Å². The van der Waals surface area contributed by atoms with Crippen molar-refractivity contribution < 1.29 is 33.4 Å². The number of nitrogens with one attached hydrogen (secondary N) is 1. The largest absolute Gasteiger partial charge is 0.459 e. The van der Waals surface area contributed by atoms with Gasteiger partial charge in [0.1, 0.15) is 18.3 Å². The highest BCUT2D eigenvalue weighted by atomic mass is 16.6. The first kappa shape index (κ1) is 25.7. The third-order valence-corrected chi connectivity index (χ3v) is 5.21. The van der Waals surface area contributed by atoms with E-state index < -0.39 is 47.9 Å². The van der Waals surface area contributed by atoms with Crippen molar-refractivity contribution in [1.29, 1.82) is 0 Å². The molecule has 3 rings (SSSR count). The molecule has 1 heterocycles. The third kappa shape index (κ3) is 7.05. The van der Waals surface area contributed by atoms with Gasteiger partial charge in [-0.25, -0.2) is 19.3 Å². The average Bonchev–Trinajstić information content (AvgIpc) is 3.10. The van der Waals surface area contributed by atoms with Crippen molar-refractivity contribution in [3.8, 4) is 0 Å². The van der Waals surface area contributed by atoms with Crippen LogP contribution in [0.5, 0.6) is 0 Å². The number of carbonyl (C=O) groups is 4. The summed E-state index contributed by atoms with van der Waals surface area (Å²) in [6.07, 6.45) is -2.83. The molecular weight excluding hydrogens is 452 g/mol. The zero-order valence-electron chi connectivity index (χ0n) is 20.2. The second-order valence-corrected chi connectivity index (χ2v) is 9.20. The van der Waals surface area contributed by atoms with E-state index in [4.69, 9.17) is 14.2 Å². The number of amides is 3. The molecule has 2 aromatic rings. The highest BCUT2D eigenvalue weighted by Crippen LogP contribution is 2.26. The molecule has 3 atom stereocenters. The van der Waals surface area contributed by atoms with Crippen molar-refractivity contribution in [1.82, 2.24) is 10.2 Å². The van der Waals surface area contributed by atoms with Gasteiger partial charge in [-0.15, -0.1) is 0 Å². The minimum Gasteiger partial charge on any atom is -0.459 e. The summed E-state index contributed by atoms with van der Waals surface area (Å²) in [4.78, 5) is 51.8. The number of ether oxygens (including phenoxy) is 3. The Bertz CT molecular complexity index is 1050.